The fourth-order valence-electron chi connectivity index (χ4n) is 4.81. The van der Waals surface area contributed by atoms with Gasteiger partial charge >= 0.3 is 0 Å². The highest BCUT2D eigenvalue weighted by atomic mass is 32.1. The molecule has 2 bridgehead atoms. The molecule has 0 saturated heterocycles. The molecule has 110 valence electrons. The Balaban J connectivity index is 1.38. The van der Waals surface area contributed by atoms with Gasteiger partial charge in [0.05, 0.1) is 4.99 Å². The first-order valence-electron chi connectivity index (χ1n) is 7.81. The van der Waals surface area contributed by atoms with E-state index in [0.717, 1.165) is 23.1 Å². The lowest BCUT2D eigenvalue weighted by Gasteiger charge is -2.10. The van der Waals surface area contributed by atoms with Gasteiger partial charge in [-0.05, 0) is 60.6 Å². The summed E-state index contributed by atoms with van der Waals surface area (Å²) in [5.41, 5.74) is 7.50. The number of carbonyl (C=O) groups excluding carboxylic acids is 1. The average molecular weight is 300 g/mol. The molecule has 4 rings (SSSR count). The highest BCUT2D eigenvalue weighted by Crippen LogP contribution is 2.69. The molecule has 4 heteroatoms. The van der Waals surface area contributed by atoms with Crippen molar-refractivity contribution in [1.82, 2.24) is 0 Å². The number of benzene rings is 1. The number of amides is 1. The maximum absolute atomic E-state index is 12.4. The van der Waals surface area contributed by atoms with Crippen LogP contribution in [0, 0.1) is 29.6 Å². The van der Waals surface area contributed by atoms with E-state index in [2.05, 4.69) is 5.32 Å². The second-order valence-electron chi connectivity index (χ2n) is 6.84. The SMILES string of the molecule is NC(=S)Cc1ccc(NC(=O)C2C3C4CCC(C4)C23)cc1. The fraction of sp³-hybridized carbons (Fsp3) is 0.529. The van der Waals surface area contributed by atoms with Crippen LogP contribution in [0.3, 0.4) is 0 Å². The lowest BCUT2D eigenvalue weighted by Crippen LogP contribution is -2.18. The van der Waals surface area contributed by atoms with Gasteiger partial charge < -0.3 is 11.1 Å². The van der Waals surface area contributed by atoms with E-state index in [9.17, 15) is 4.79 Å². The van der Waals surface area contributed by atoms with Crippen molar-refractivity contribution in [2.45, 2.75) is 25.7 Å². The largest absolute Gasteiger partial charge is 0.393 e. The molecule has 3 N–H and O–H groups in total. The first-order chi connectivity index (χ1) is 10.1. The third-order valence-corrected chi connectivity index (χ3v) is 5.78. The van der Waals surface area contributed by atoms with Crippen LogP contribution in [-0.4, -0.2) is 10.9 Å². The number of rotatable bonds is 4. The van der Waals surface area contributed by atoms with Crippen LogP contribution in [0.2, 0.25) is 0 Å². The van der Waals surface area contributed by atoms with Crippen molar-refractivity contribution in [3.8, 4) is 0 Å². The molecule has 0 radical (unpaired) electrons. The van der Waals surface area contributed by atoms with Gasteiger partial charge in [0.15, 0.2) is 0 Å². The monoisotopic (exact) mass is 300 g/mol. The number of carbonyl (C=O) groups is 1. The first kappa shape index (κ1) is 13.3. The van der Waals surface area contributed by atoms with E-state index < -0.39 is 0 Å². The van der Waals surface area contributed by atoms with Crippen LogP contribution in [0.5, 0.6) is 0 Å². The minimum atomic E-state index is 0.226. The number of anilines is 1. The third-order valence-electron chi connectivity index (χ3n) is 5.64. The highest BCUT2D eigenvalue weighted by molar-refractivity contribution is 7.80. The van der Waals surface area contributed by atoms with Crippen LogP contribution in [0.1, 0.15) is 24.8 Å². The molecule has 3 nitrogen and oxygen atoms in total. The summed E-state index contributed by atoms with van der Waals surface area (Å²) in [5.74, 6) is 3.57. The van der Waals surface area contributed by atoms with Crippen LogP contribution in [0.25, 0.3) is 0 Å². The molecule has 4 atom stereocenters. The van der Waals surface area contributed by atoms with Gasteiger partial charge in [-0.25, -0.2) is 0 Å². The average Bonchev–Trinajstić information content (AvgIpc) is 2.89. The molecule has 1 amide bonds. The van der Waals surface area contributed by atoms with E-state index in [-0.39, 0.29) is 11.8 Å². The summed E-state index contributed by atoms with van der Waals surface area (Å²) in [6, 6.07) is 7.84. The number of nitrogens with two attached hydrogens (primary N) is 1. The maximum atomic E-state index is 12.4. The summed E-state index contributed by atoms with van der Waals surface area (Å²) in [6.45, 7) is 0. The van der Waals surface area contributed by atoms with Gasteiger partial charge in [-0.3, -0.25) is 4.79 Å². The molecule has 3 aliphatic rings. The zero-order valence-corrected chi connectivity index (χ0v) is 12.7. The van der Waals surface area contributed by atoms with Crippen LogP contribution in [-0.2, 0) is 11.2 Å². The van der Waals surface area contributed by atoms with Crippen LogP contribution in [0.4, 0.5) is 5.69 Å². The predicted molar refractivity (Wildman–Crippen MR) is 86.9 cm³/mol. The van der Waals surface area contributed by atoms with Crippen molar-refractivity contribution in [2.75, 3.05) is 5.32 Å². The van der Waals surface area contributed by atoms with Gasteiger partial charge in [-0.1, -0.05) is 24.4 Å². The number of hydrogen-bond acceptors (Lipinski definition) is 2. The van der Waals surface area contributed by atoms with Crippen LogP contribution < -0.4 is 11.1 Å². The van der Waals surface area contributed by atoms with Crippen molar-refractivity contribution in [1.29, 1.82) is 0 Å². The highest BCUT2D eigenvalue weighted by Gasteiger charge is 2.67. The molecule has 3 aliphatic carbocycles. The minimum absolute atomic E-state index is 0.226. The molecule has 0 spiro atoms. The summed E-state index contributed by atoms with van der Waals surface area (Å²) in [4.78, 5) is 12.9. The van der Waals surface area contributed by atoms with E-state index >= 15 is 0 Å². The Bertz CT molecular complexity index is 581. The second-order valence-corrected chi connectivity index (χ2v) is 7.37. The Kier molecular flexibility index (Phi) is 3.03. The Morgan fingerprint density at radius 1 is 1.19 bits per heavy atom. The van der Waals surface area contributed by atoms with E-state index in [1.807, 2.05) is 24.3 Å². The summed E-state index contributed by atoms with van der Waals surface area (Å²) < 4.78 is 0. The van der Waals surface area contributed by atoms with E-state index in [0.29, 0.717) is 23.2 Å². The van der Waals surface area contributed by atoms with Crippen molar-refractivity contribution in [3.63, 3.8) is 0 Å². The van der Waals surface area contributed by atoms with Gasteiger partial charge in [0.2, 0.25) is 5.91 Å². The number of fused-ring (bicyclic) bond motifs is 5. The topological polar surface area (TPSA) is 55.1 Å². The van der Waals surface area contributed by atoms with Crippen LogP contribution >= 0.6 is 12.2 Å². The lowest BCUT2D eigenvalue weighted by molar-refractivity contribution is -0.118. The molecule has 3 fully saturated rings. The number of nitrogens with one attached hydrogen (secondary N) is 1. The normalized spacial score (nSPS) is 35.3. The Morgan fingerprint density at radius 3 is 2.38 bits per heavy atom. The smallest absolute Gasteiger partial charge is 0.228 e. The predicted octanol–water partition coefficient (Wildman–Crippen LogP) is 2.75. The molecular formula is C17H20N2OS. The van der Waals surface area contributed by atoms with Crippen molar-refractivity contribution in [3.05, 3.63) is 29.8 Å². The van der Waals surface area contributed by atoms with E-state index in [1.165, 1.54) is 19.3 Å². The molecule has 4 unspecified atom stereocenters. The summed E-state index contributed by atoms with van der Waals surface area (Å²) in [5, 5.41) is 3.08. The quantitative estimate of drug-likeness (QED) is 0.841. The summed E-state index contributed by atoms with van der Waals surface area (Å²) in [6.07, 6.45) is 4.69. The molecule has 1 aromatic rings. The molecule has 0 aromatic heterocycles. The second kappa shape index (κ2) is 4.80. The third kappa shape index (κ3) is 2.26. The number of hydrogen-bond donors (Lipinski definition) is 2. The Labute approximate surface area is 130 Å². The summed E-state index contributed by atoms with van der Waals surface area (Å²) in [7, 11) is 0. The molecule has 0 heterocycles. The van der Waals surface area contributed by atoms with Gasteiger partial charge in [0.1, 0.15) is 0 Å². The van der Waals surface area contributed by atoms with Crippen molar-refractivity contribution in [2.24, 2.45) is 35.3 Å². The van der Waals surface area contributed by atoms with Gasteiger partial charge in [0, 0.05) is 18.0 Å². The molecule has 0 aliphatic heterocycles. The van der Waals surface area contributed by atoms with Crippen molar-refractivity contribution >= 4 is 28.8 Å². The van der Waals surface area contributed by atoms with Gasteiger partial charge in [0.25, 0.3) is 0 Å². The molecule has 21 heavy (non-hydrogen) atoms. The van der Waals surface area contributed by atoms with Crippen LogP contribution in [0.15, 0.2) is 24.3 Å². The van der Waals surface area contributed by atoms with E-state index in [1.54, 1.807) is 0 Å². The molecular weight excluding hydrogens is 280 g/mol. The molecule has 3 saturated carbocycles. The Hall–Kier alpha value is -1.42. The van der Waals surface area contributed by atoms with Gasteiger partial charge in [-0.15, -0.1) is 0 Å². The lowest BCUT2D eigenvalue weighted by atomic mass is 10.0. The Morgan fingerprint density at radius 2 is 1.81 bits per heavy atom. The standard InChI is InChI=1S/C17H20N2OS/c18-13(21)7-9-1-5-12(6-2-9)19-17(20)16-14-10-3-4-11(8-10)15(14)16/h1-2,5-6,10-11,14-16H,3-4,7-8H2,(H2,18,21)(H,19,20). The minimum Gasteiger partial charge on any atom is -0.393 e. The number of thiocarbonyl (C=S) groups is 1. The maximum Gasteiger partial charge on any atom is 0.228 e. The van der Waals surface area contributed by atoms with Gasteiger partial charge in [-0.2, -0.15) is 0 Å². The molecule has 1 aromatic carbocycles. The fourth-order valence-corrected chi connectivity index (χ4v) is 4.97. The summed E-state index contributed by atoms with van der Waals surface area (Å²) >= 11 is 4.90. The van der Waals surface area contributed by atoms with Crippen molar-refractivity contribution < 1.29 is 4.79 Å². The first-order valence-corrected chi connectivity index (χ1v) is 8.22. The van der Waals surface area contributed by atoms with E-state index in [4.69, 9.17) is 18.0 Å². The zero-order valence-electron chi connectivity index (χ0n) is 11.9. The zero-order chi connectivity index (χ0) is 14.6.